The number of benzene rings is 1. The molecule has 1 aromatic carbocycles. The minimum atomic E-state index is -1.62. The third-order valence-corrected chi connectivity index (χ3v) is 6.28. The van der Waals surface area contributed by atoms with Crippen molar-refractivity contribution in [3.8, 4) is 0 Å². The zero-order valence-corrected chi connectivity index (χ0v) is 19.7. The van der Waals surface area contributed by atoms with E-state index in [0.717, 1.165) is 0 Å². The van der Waals surface area contributed by atoms with Crippen molar-refractivity contribution in [2.24, 2.45) is 0 Å². The van der Waals surface area contributed by atoms with E-state index in [2.05, 4.69) is 5.32 Å². The highest BCUT2D eigenvalue weighted by molar-refractivity contribution is 5.91. The molecule has 0 aliphatic carbocycles. The lowest BCUT2D eigenvalue weighted by Gasteiger charge is -2.44. The van der Waals surface area contributed by atoms with Crippen molar-refractivity contribution in [2.75, 3.05) is 49.1 Å². The molecule has 0 spiro atoms. The molecule has 11 nitrogen and oxygen atoms in total. The van der Waals surface area contributed by atoms with Crippen LogP contribution in [0.5, 0.6) is 0 Å². The summed E-state index contributed by atoms with van der Waals surface area (Å²) in [6.45, 7) is 3.98. The van der Waals surface area contributed by atoms with Crippen molar-refractivity contribution in [3.63, 3.8) is 0 Å². The van der Waals surface area contributed by atoms with Gasteiger partial charge in [0.2, 0.25) is 5.91 Å². The number of aldehydes is 1. The quantitative estimate of drug-likeness (QED) is 0.455. The van der Waals surface area contributed by atoms with Gasteiger partial charge in [0.1, 0.15) is 29.5 Å². The molecule has 2 aliphatic rings. The first-order chi connectivity index (χ1) is 16.6. The molecular weight excluding hydrogens is 463 g/mol. The molecule has 2 aliphatic heterocycles. The molecule has 0 radical (unpaired) electrons. The van der Waals surface area contributed by atoms with Gasteiger partial charge in [0, 0.05) is 45.9 Å². The van der Waals surface area contributed by atoms with Crippen LogP contribution in [0, 0.1) is 5.82 Å². The fraction of sp³-hybridized carbons (Fsp3) is 0.522. The van der Waals surface area contributed by atoms with Gasteiger partial charge in [-0.2, -0.15) is 0 Å². The normalized spacial score (nSPS) is 20.2. The molecule has 2 amide bonds. The van der Waals surface area contributed by atoms with Crippen LogP contribution in [-0.2, 0) is 23.9 Å². The van der Waals surface area contributed by atoms with Crippen molar-refractivity contribution >= 4 is 41.4 Å². The van der Waals surface area contributed by atoms with E-state index in [1.54, 1.807) is 21.9 Å². The third kappa shape index (κ3) is 5.76. The maximum Gasteiger partial charge on any atom is 0.414 e. The van der Waals surface area contributed by atoms with Gasteiger partial charge in [-0.1, -0.05) is 0 Å². The smallest absolute Gasteiger partial charge is 0.414 e. The lowest BCUT2D eigenvalue weighted by Crippen LogP contribution is -2.61. The van der Waals surface area contributed by atoms with E-state index in [-0.39, 0.29) is 63.8 Å². The number of cyclic esters (lactones) is 1. The standard InChI is InChI=1S/C23H29FN4O7/c1-15(30)12-23(5-10-29,21(32)33)27-8-6-26(7-9-27)20-4-3-17(11-19(20)24)28-14-18(35-22(28)34)13-25-16(2)31/h3-4,10-11,18H,5-9,12-14H2,1-2H3,(H,25,31)(H,32,33). The number of nitrogens with zero attached hydrogens (tertiary/aromatic N) is 3. The fourth-order valence-electron chi connectivity index (χ4n) is 4.55. The number of Topliss-reactive ketones (excluding diaryl/α,β-unsaturated/α-hetero) is 1. The van der Waals surface area contributed by atoms with Crippen LogP contribution < -0.4 is 15.1 Å². The van der Waals surface area contributed by atoms with Crippen molar-refractivity contribution in [1.82, 2.24) is 10.2 Å². The average Bonchev–Trinajstić information content (AvgIpc) is 3.17. The van der Waals surface area contributed by atoms with Gasteiger partial charge >= 0.3 is 12.1 Å². The summed E-state index contributed by atoms with van der Waals surface area (Å²) in [4.78, 5) is 62.9. The molecule has 190 valence electrons. The average molecular weight is 493 g/mol. The molecule has 0 bridgehead atoms. The number of ketones is 1. The van der Waals surface area contributed by atoms with Crippen LogP contribution in [0.25, 0.3) is 0 Å². The summed E-state index contributed by atoms with van der Waals surface area (Å²) in [7, 11) is 0. The van der Waals surface area contributed by atoms with Gasteiger partial charge in [-0.3, -0.25) is 24.2 Å². The number of halogens is 1. The molecular formula is C23H29FN4O7. The first-order valence-electron chi connectivity index (χ1n) is 11.3. The maximum atomic E-state index is 15.0. The maximum absolute atomic E-state index is 15.0. The number of nitrogens with one attached hydrogen (secondary N) is 1. The predicted molar refractivity (Wildman–Crippen MR) is 123 cm³/mol. The van der Waals surface area contributed by atoms with Gasteiger partial charge in [-0.15, -0.1) is 0 Å². The van der Waals surface area contributed by atoms with E-state index in [4.69, 9.17) is 4.74 Å². The van der Waals surface area contributed by atoms with Crippen molar-refractivity contribution in [3.05, 3.63) is 24.0 Å². The number of carbonyl (C=O) groups is 5. The summed E-state index contributed by atoms with van der Waals surface area (Å²) in [5.41, 5.74) is -1.01. The van der Waals surface area contributed by atoms with E-state index >= 15 is 4.39 Å². The molecule has 3 rings (SSSR count). The summed E-state index contributed by atoms with van der Waals surface area (Å²) in [6.07, 6.45) is -1.28. The lowest BCUT2D eigenvalue weighted by molar-refractivity contribution is -0.156. The topological polar surface area (TPSA) is 137 Å². The number of piperazine rings is 1. The van der Waals surface area contributed by atoms with Crippen molar-refractivity contribution in [2.45, 2.75) is 38.3 Å². The number of aliphatic carboxylic acids is 1. The third-order valence-electron chi connectivity index (χ3n) is 6.28. The van der Waals surface area contributed by atoms with E-state index in [0.29, 0.717) is 17.7 Å². The summed E-state index contributed by atoms with van der Waals surface area (Å²) in [6, 6.07) is 4.37. The van der Waals surface area contributed by atoms with Crippen LogP contribution in [0.2, 0.25) is 0 Å². The zero-order valence-electron chi connectivity index (χ0n) is 19.7. The monoisotopic (exact) mass is 492 g/mol. The zero-order chi connectivity index (χ0) is 25.8. The Labute approximate surface area is 201 Å². The van der Waals surface area contributed by atoms with E-state index in [1.807, 2.05) is 0 Å². The molecule has 0 aromatic heterocycles. The first-order valence-corrected chi connectivity index (χ1v) is 11.3. The SMILES string of the molecule is CC(=O)CC(CC=O)(C(=O)O)N1CCN(c2ccc(N3CC(CNC(C)=O)OC3=O)cc2F)CC1. The van der Waals surface area contributed by atoms with Gasteiger partial charge in [0.15, 0.2) is 0 Å². The molecule has 35 heavy (non-hydrogen) atoms. The highest BCUT2D eigenvalue weighted by Crippen LogP contribution is 2.31. The largest absolute Gasteiger partial charge is 0.480 e. The van der Waals surface area contributed by atoms with Crippen LogP contribution in [0.15, 0.2) is 18.2 Å². The number of hydrogen-bond acceptors (Lipinski definition) is 8. The number of carboxylic acid groups (broad SMARTS) is 1. The first kappa shape index (κ1) is 26.1. The number of anilines is 2. The van der Waals surface area contributed by atoms with Crippen LogP contribution in [0.3, 0.4) is 0 Å². The number of ether oxygens (including phenoxy) is 1. The van der Waals surface area contributed by atoms with Crippen LogP contribution in [0.1, 0.15) is 26.7 Å². The van der Waals surface area contributed by atoms with E-state index in [9.17, 15) is 29.1 Å². The molecule has 2 N–H and O–H groups in total. The minimum absolute atomic E-state index is 0.161. The Kier molecular flexibility index (Phi) is 8.05. The Morgan fingerprint density at radius 1 is 1.23 bits per heavy atom. The van der Waals surface area contributed by atoms with Gasteiger partial charge in [0.05, 0.1) is 24.5 Å². The van der Waals surface area contributed by atoms with Crippen molar-refractivity contribution < 1.29 is 38.2 Å². The lowest BCUT2D eigenvalue weighted by atomic mass is 9.87. The Morgan fingerprint density at radius 3 is 2.46 bits per heavy atom. The van der Waals surface area contributed by atoms with Gasteiger partial charge in [-0.05, 0) is 25.1 Å². The molecule has 1 aromatic rings. The van der Waals surface area contributed by atoms with Gasteiger partial charge < -0.3 is 24.9 Å². The highest BCUT2D eigenvalue weighted by Gasteiger charge is 2.46. The van der Waals surface area contributed by atoms with E-state index < -0.39 is 29.5 Å². The Balaban J connectivity index is 1.69. The Hall–Kier alpha value is -3.54. The van der Waals surface area contributed by atoms with E-state index in [1.165, 1.54) is 24.8 Å². The number of hydrogen-bond donors (Lipinski definition) is 2. The van der Waals surface area contributed by atoms with Crippen molar-refractivity contribution in [1.29, 1.82) is 0 Å². The Bertz CT molecular complexity index is 1010. The second kappa shape index (κ2) is 10.8. The highest BCUT2D eigenvalue weighted by atomic mass is 19.1. The molecule has 2 saturated heterocycles. The number of carbonyl (C=O) groups excluding carboxylic acids is 4. The summed E-state index contributed by atoms with van der Waals surface area (Å²) in [5.74, 6) is -2.38. The van der Waals surface area contributed by atoms with Gasteiger partial charge in [-0.25, -0.2) is 9.18 Å². The molecule has 2 unspecified atom stereocenters. The summed E-state index contributed by atoms with van der Waals surface area (Å²) >= 11 is 0. The number of amides is 2. The molecule has 2 fully saturated rings. The van der Waals surface area contributed by atoms with Crippen LogP contribution in [0.4, 0.5) is 20.6 Å². The molecule has 2 atom stereocenters. The second-order valence-corrected chi connectivity index (χ2v) is 8.75. The predicted octanol–water partition coefficient (Wildman–Crippen LogP) is 0.801. The van der Waals surface area contributed by atoms with Crippen LogP contribution >= 0.6 is 0 Å². The molecule has 0 saturated carbocycles. The Morgan fingerprint density at radius 2 is 1.91 bits per heavy atom. The number of carboxylic acids is 1. The van der Waals surface area contributed by atoms with Gasteiger partial charge in [0.25, 0.3) is 0 Å². The van der Waals surface area contributed by atoms with Crippen LogP contribution in [-0.4, -0.2) is 91.0 Å². The molecule has 12 heteroatoms. The summed E-state index contributed by atoms with van der Waals surface area (Å²) in [5, 5.41) is 12.4. The second-order valence-electron chi connectivity index (χ2n) is 8.75. The summed E-state index contributed by atoms with van der Waals surface area (Å²) < 4.78 is 20.3. The minimum Gasteiger partial charge on any atom is -0.480 e. The molecule has 2 heterocycles. The number of rotatable bonds is 10. The fourth-order valence-corrected chi connectivity index (χ4v) is 4.55.